The van der Waals surface area contributed by atoms with Crippen molar-refractivity contribution < 1.29 is 4.39 Å². The van der Waals surface area contributed by atoms with Gasteiger partial charge in [0.05, 0.1) is 23.6 Å². The number of aryl methyl sites for hydroxylation is 2. The molecular weight excluding hydrogens is 453 g/mol. The standard InChI is InChI=1S/C25H25ClFN7/c1-14-15(2)30-24-23(29-14)22(20-8-5-18(26)10-21(20)27)31-25(32-24)33-9-3-4-16(12-33)17-11-28-34(13-17)19-6-7-19/h5,8,10-11,13,16,19H,3-4,6-7,9,12H2,1-2H3. The van der Waals surface area contributed by atoms with Crippen LogP contribution in [0, 0.1) is 19.7 Å². The molecule has 1 unspecified atom stereocenters. The van der Waals surface area contributed by atoms with Gasteiger partial charge in [-0.25, -0.2) is 19.3 Å². The van der Waals surface area contributed by atoms with Crippen LogP contribution in [0.25, 0.3) is 22.4 Å². The first-order valence-corrected chi connectivity index (χ1v) is 12.1. The van der Waals surface area contributed by atoms with E-state index in [1.807, 2.05) is 20.0 Å². The summed E-state index contributed by atoms with van der Waals surface area (Å²) < 4.78 is 17.1. The van der Waals surface area contributed by atoms with Gasteiger partial charge in [0.15, 0.2) is 5.65 Å². The smallest absolute Gasteiger partial charge is 0.228 e. The predicted octanol–water partition coefficient (Wildman–Crippen LogP) is 5.41. The van der Waals surface area contributed by atoms with Gasteiger partial charge in [0.2, 0.25) is 5.95 Å². The summed E-state index contributed by atoms with van der Waals surface area (Å²) in [6.07, 6.45) is 8.74. The van der Waals surface area contributed by atoms with Crippen molar-refractivity contribution in [2.45, 2.75) is 51.5 Å². The van der Waals surface area contributed by atoms with Crippen molar-refractivity contribution in [1.29, 1.82) is 0 Å². The van der Waals surface area contributed by atoms with E-state index in [1.165, 1.54) is 24.5 Å². The summed E-state index contributed by atoms with van der Waals surface area (Å²) in [5.74, 6) is 0.457. The first-order chi connectivity index (χ1) is 16.5. The summed E-state index contributed by atoms with van der Waals surface area (Å²) in [5, 5.41) is 4.91. The highest BCUT2D eigenvalue weighted by molar-refractivity contribution is 6.30. The van der Waals surface area contributed by atoms with Gasteiger partial charge in [-0.05, 0) is 63.3 Å². The zero-order chi connectivity index (χ0) is 23.4. The lowest BCUT2D eigenvalue weighted by atomic mass is 9.93. The molecule has 1 atom stereocenters. The fourth-order valence-corrected chi connectivity index (χ4v) is 4.80. The first-order valence-electron chi connectivity index (χ1n) is 11.7. The van der Waals surface area contributed by atoms with E-state index in [2.05, 4.69) is 30.8 Å². The van der Waals surface area contributed by atoms with Crippen LogP contribution in [0.15, 0.2) is 30.6 Å². The molecule has 34 heavy (non-hydrogen) atoms. The third-order valence-corrected chi connectivity index (χ3v) is 7.07. The van der Waals surface area contributed by atoms with Gasteiger partial charge in [-0.1, -0.05) is 11.6 Å². The van der Waals surface area contributed by atoms with E-state index in [4.69, 9.17) is 21.6 Å². The fourth-order valence-electron chi connectivity index (χ4n) is 4.64. The van der Waals surface area contributed by atoms with E-state index in [1.54, 1.807) is 12.1 Å². The monoisotopic (exact) mass is 477 g/mol. The molecule has 1 saturated carbocycles. The van der Waals surface area contributed by atoms with Crippen LogP contribution < -0.4 is 4.90 Å². The van der Waals surface area contributed by atoms with E-state index >= 15 is 0 Å². The fraction of sp³-hybridized carbons (Fsp3) is 0.400. The van der Waals surface area contributed by atoms with Gasteiger partial charge in [0.25, 0.3) is 0 Å². The van der Waals surface area contributed by atoms with Gasteiger partial charge in [-0.3, -0.25) is 4.68 Å². The molecule has 1 aliphatic carbocycles. The molecule has 174 valence electrons. The lowest BCUT2D eigenvalue weighted by Crippen LogP contribution is -2.35. The molecule has 1 aliphatic heterocycles. The molecule has 0 N–H and O–H groups in total. The Hall–Kier alpha value is -3.13. The third kappa shape index (κ3) is 3.90. The number of aromatic nitrogens is 6. The molecule has 2 aliphatic rings. The Morgan fingerprint density at radius 1 is 1.03 bits per heavy atom. The van der Waals surface area contributed by atoms with Crippen LogP contribution in [0.1, 0.15) is 54.6 Å². The second-order valence-electron chi connectivity index (χ2n) is 9.33. The number of fused-ring (bicyclic) bond motifs is 1. The average Bonchev–Trinajstić information content (AvgIpc) is 3.56. The van der Waals surface area contributed by atoms with Crippen molar-refractivity contribution in [3.63, 3.8) is 0 Å². The van der Waals surface area contributed by atoms with Crippen molar-refractivity contribution in [3.8, 4) is 11.3 Å². The normalized spacial score (nSPS) is 18.6. The minimum Gasteiger partial charge on any atom is -0.340 e. The van der Waals surface area contributed by atoms with E-state index in [0.717, 1.165) is 37.3 Å². The highest BCUT2D eigenvalue weighted by Crippen LogP contribution is 2.37. The van der Waals surface area contributed by atoms with Crippen LogP contribution in [-0.4, -0.2) is 42.8 Å². The maximum atomic E-state index is 15.0. The molecule has 1 saturated heterocycles. The zero-order valence-corrected chi connectivity index (χ0v) is 19.9. The van der Waals surface area contributed by atoms with Crippen LogP contribution in [0.5, 0.6) is 0 Å². The lowest BCUT2D eigenvalue weighted by Gasteiger charge is -2.32. The van der Waals surface area contributed by atoms with E-state index in [-0.39, 0.29) is 0 Å². The predicted molar refractivity (Wildman–Crippen MR) is 130 cm³/mol. The number of anilines is 1. The summed E-state index contributed by atoms with van der Waals surface area (Å²) in [7, 11) is 0. The molecular formula is C25H25ClFN7. The minimum absolute atomic E-state index is 0.337. The van der Waals surface area contributed by atoms with Crippen molar-refractivity contribution in [2.24, 2.45) is 0 Å². The van der Waals surface area contributed by atoms with Crippen LogP contribution in [0.2, 0.25) is 5.02 Å². The van der Waals surface area contributed by atoms with Crippen molar-refractivity contribution in [3.05, 3.63) is 58.4 Å². The third-order valence-electron chi connectivity index (χ3n) is 6.83. The van der Waals surface area contributed by atoms with Gasteiger partial charge in [-0.15, -0.1) is 0 Å². The van der Waals surface area contributed by atoms with Gasteiger partial charge in [-0.2, -0.15) is 10.1 Å². The highest BCUT2D eigenvalue weighted by atomic mass is 35.5. The summed E-state index contributed by atoms with van der Waals surface area (Å²) in [6, 6.07) is 5.18. The Morgan fingerprint density at radius 2 is 1.85 bits per heavy atom. The number of hydrogen-bond acceptors (Lipinski definition) is 6. The highest BCUT2D eigenvalue weighted by Gasteiger charge is 2.29. The molecule has 6 rings (SSSR count). The maximum absolute atomic E-state index is 15.0. The number of benzene rings is 1. The largest absolute Gasteiger partial charge is 0.340 e. The summed E-state index contributed by atoms with van der Waals surface area (Å²) in [4.78, 5) is 21.1. The molecule has 1 aromatic carbocycles. The number of piperidine rings is 1. The number of nitrogens with zero attached hydrogens (tertiary/aromatic N) is 7. The van der Waals surface area contributed by atoms with Gasteiger partial charge in [0, 0.05) is 35.8 Å². The molecule has 3 aromatic heterocycles. The molecule has 2 fully saturated rings. The first kappa shape index (κ1) is 21.4. The number of halogens is 2. The maximum Gasteiger partial charge on any atom is 0.228 e. The second kappa shape index (κ2) is 8.27. The Balaban J connectivity index is 1.41. The Morgan fingerprint density at radius 3 is 2.65 bits per heavy atom. The summed E-state index contributed by atoms with van der Waals surface area (Å²) in [6.45, 7) is 5.40. The second-order valence-corrected chi connectivity index (χ2v) is 9.77. The molecule has 0 bridgehead atoms. The SMILES string of the molecule is Cc1nc2nc(N3CCCC(c4cnn(C5CC5)c4)C3)nc(-c3ccc(Cl)cc3F)c2nc1C. The number of rotatable bonds is 4. The molecule has 4 aromatic rings. The molecule has 0 radical (unpaired) electrons. The lowest BCUT2D eigenvalue weighted by molar-refractivity contribution is 0.503. The van der Waals surface area contributed by atoms with Crippen molar-refractivity contribution >= 4 is 28.7 Å². The van der Waals surface area contributed by atoms with Crippen molar-refractivity contribution in [1.82, 2.24) is 29.7 Å². The Bertz CT molecular complexity index is 1400. The van der Waals surface area contributed by atoms with Crippen LogP contribution in [0.4, 0.5) is 10.3 Å². The van der Waals surface area contributed by atoms with Crippen LogP contribution >= 0.6 is 11.6 Å². The quantitative estimate of drug-likeness (QED) is 0.391. The number of hydrogen-bond donors (Lipinski definition) is 0. The van der Waals surface area contributed by atoms with Crippen molar-refractivity contribution in [2.75, 3.05) is 18.0 Å². The van der Waals surface area contributed by atoms with E-state index < -0.39 is 5.82 Å². The summed E-state index contributed by atoms with van der Waals surface area (Å²) >= 11 is 6.01. The molecule has 7 nitrogen and oxygen atoms in total. The molecule has 0 amide bonds. The minimum atomic E-state index is -0.442. The summed E-state index contributed by atoms with van der Waals surface area (Å²) in [5.41, 5.74) is 4.57. The topological polar surface area (TPSA) is 72.6 Å². The average molecular weight is 478 g/mol. The molecule has 4 heterocycles. The van der Waals surface area contributed by atoms with Gasteiger partial charge >= 0.3 is 0 Å². The Kier molecular flexibility index (Phi) is 5.21. The molecule has 0 spiro atoms. The zero-order valence-electron chi connectivity index (χ0n) is 19.2. The van der Waals surface area contributed by atoms with E-state index in [9.17, 15) is 4.39 Å². The van der Waals surface area contributed by atoms with Crippen LogP contribution in [0.3, 0.4) is 0 Å². The molecule has 9 heteroatoms. The Labute approximate surface area is 202 Å². The van der Waals surface area contributed by atoms with Crippen LogP contribution in [-0.2, 0) is 0 Å². The van der Waals surface area contributed by atoms with Gasteiger partial charge < -0.3 is 4.90 Å². The van der Waals surface area contributed by atoms with E-state index in [0.29, 0.717) is 45.4 Å². The van der Waals surface area contributed by atoms with Gasteiger partial charge in [0.1, 0.15) is 17.0 Å².